The third-order valence-electron chi connectivity index (χ3n) is 4.70. The molecule has 0 spiro atoms. The number of thioether (sulfide) groups is 1. The number of hydrogen-bond donors (Lipinski definition) is 2. The molecule has 150 valence electrons. The van der Waals surface area contributed by atoms with Crippen molar-refractivity contribution in [2.75, 3.05) is 11.1 Å². The summed E-state index contributed by atoms with van der Waals surface area (Å²) in [5, 5.41) is 12.9. The molecule has 4 rings (SSSR count). The number of primary amides is 1. The van der Waals surface area contributed by atoms with Gasteiger partial charge in [-0.05, 0) is 37.0 Å². The number of carbonyl (C=O) groups excluding carboxylic acids is 2. The molecule has 0 saturated heterocycles. The number of halogens is 1. The molecule has 0 fully saturated rings. The molecule has 29 heavy (non-hydrogen) atoms. The molecular weight excluding hydrogens is 430 g/mol. The van der Waals surface area contributed by atoms with Crippen molar-refractivity contribution in [1.29, 1.82) is 0 Å². The monoisotopic (exact) mass is 447 g/mol. The minimum absolute atomic E-state index is 0.134. The number of nitrogens with zero attached hydrogens (tertiary/aromatic N) is 3. The van der Waals surface area contributed by atoms with Gasteiger partial charge >= 0.3 is 0 Å². The van der Waals surface area contributed by atoms with Crippen molar-refractivity contribution >= 4 is 51.5 Å². The summed E-state index contributed by atoms with van der Waals surface area (Å²) < 4.78 is 1.80. The number of hydrogen-bond acceptors (Lipinski definition) is 6. The van der Waals surface area contributed by atoms with E-state index in [1.54, 1.807) is 10.6 Å². The summed E-state index contributed by atoms with van der Waals surface area (Å²) in [6, 6.07) is 7.39. The van der Waals surface area contributed by atoms with E-state index < -0.39 is 5.91 Å². The molecule has 0 atom stereocenters. The van der Waals surface area contributed by atoms with Gasteiger partial charge in [-0.2, -0.15) is 0 Å². The Hall–Kier alpha value is -2.36. The van der Waals surface area contributed by atoms with Crippen LogP contribution in [-0.2, 0) is 24.7 Å². The Morgan fingerprint density at radius 2 is 2.10 bits per heavy atom. The molecule has 3 aromatic rings. The van der Waals surface area contributed by atoms with Gasteiger partial charge in [0.1, 0.15) is 5.00 Å². The molecule has 1 aliphatic carbocycles. The maximum absolute atomic E-state index is 12.5. The minimum Gasteiger partial charge on any atom is -0.365 e. The van der Waals surface area contributed by atoms with Gasteiger partial charge in [-0.15, -0.1) is 21.5 Å². The number of nitrogens with one attached hydrogen (secondary N) is 1. The molecule has 2 heterocycles. The number of aryl methyl sites for hydroxylation is 1. The summed E-state index contributed by atoms with van der Waals surface area (Å²) >= 11 is 8.95. The Morgan fingerprint density at radius 3 is 2.86 bits per heavy atom. The maximum atomic E-state index is 12.5. The lowest BCUT2D eigenvalue weighted by atomic mass is 10.1. The molecule has 1 aliphatic rings. The molecule has 2 aromatic heterocycles. The predicted octanol–water partition coefficient (Wildman–Crippen LogP) is 3.52. The quantitative estimate of drug-likeness (QED) is 0.563. The van der Waals surface area contributed by atoms with Gasteiger partial charge < -0.3 is 15.6 Å². The molecule has 0 radical (unpaired) electrons. The number of rotatable bonds is 6. The van der Waals surface area contributed by atoms with E-state index in [4.69, 9.17) is 17.3 Å². The van der Waals surface area contributed by atoms with E-state index in [9.17, 15) is 9.59 Å². The summed E-state index contributed by atoms with van der Waals surface area (Å²) in [5.41, 5.74) is 7.77. The lowest BCUT2D eigenvalue weighted by Gasteiger charge is -2.07. The smallest absolute Gasteiger partial charge is 0.251 e. The zero-order valence-electron chi connectivity index (χ0n) is 15.6. The average molecular weight is 448 g/mol. The van der Waals surface area contributed by atoms with Gasteiger partial charge in [0.2, 0.25) is 5.91 Å². The second kappa shape index (κ2) is 8.17. The van der Waals surface area contributed by atoms with Crippen LogP contribution in [0.25, 0.3) is 11.4 Å². The first-order valence-electron chi connectivity index (χ1n) is 8.97. The molecular formula is C19H18ClN5O2S2. The molecule has 3 N–H and O–H groups in total. The van der Waals surface area contributed by atoms with Gasteiger partial charge in [0.05, 0.1) is 16.3 Å². The van der Waals surface area contributed by atoms with Crippen molar-refractivity contribution in [3.05, 3.63) is 45.3 Å². The highest BCUT2D eigenvalue weighted by Crippen LogP contribution is 2.39. The Labute approximate surface area is 180 Å². The van der Waals surface area contributed by atoms with Gasteiger partial charge in [-0.3, -0.25) is 9.59 Å². The highest BCUT2D eigenvalue weighted by atomic mass is 35.5. The lowest BCUT2D eigenvalue weighted by Crippen LogP contribution is -2.19. The fourth-order valence-electron chi connectivity index (χ4n) is 3.36. The average Bonchev–Trinajstić information content (AvgIpc) is 3.35. The normalized spacial score (nSPS) is 12.8. The minimum atomic E-state index is -0.495. The van der Waals surface area contributed by atoms with Crippen molar-refractivity contribution in [1.82, 2.24) is 14.8 Å². The molecule has 0 unspecified atom stereocenters. The van der Waals surface area contributed by atoms with Crippen LogP contribution in [0.3, 0.4) is 0 Å². The number of amides is 2. The highest BCUT2D eigenvalue weighted by molar-refractivity contribution is 7.99. The molecule has 0 bridgehead atoms. The number of fused-ring (bicyclic) bond motifs is 1. The van der Waals surface area contributed by atoms with Crippen molar-refractivity contribution in [3.63, 3.8) is 0 Å². The number of benzene rings is 1. The molecule has 7 nitrogen and oxygen atoms in total. The van der Waals surface area contributed by atoms with Crippen LogP contribution in [-0.4, -0.2) is 32.3 Å². The van der Waals surface area contributed by atoms with Crippen LogP contribution in [0.15, 0.2) is 29.4 Å². The summed E-state index contributed by atoms with van der Waals surface area (Å²) in [6.07, 6.45) is 2.78. The van der Waals surface area contributed by atoms with E-state index in [1.807, 2.05) is 25.2 Å². The SMILES string of the molecule is Cn1c(SCC(=O)Nc2sc3c(c2C(N)=O)CCC3)nnc1-c1ccccc1Cl. The number of nitrogens with two attached hydrogens (primary N) is 1. The molecule has 2 amide bonds. The Balaban J connectivity index is 1.45. The van der Waals surface area contributed by atoms with Crippen molar-refractivity contribution < 1.29 is 9.59 Å². The summed E-state index contributed by atoms with van der Waals surface area (Å²) in [6.45, 7) is 0. The zero-order chi connectivity index (χ0) is 20.5. The molecule has 10 heteroatoms. The third kappa shape index (κ3) is 3.90. The Kier molecular flexibility index (Phi) is 5.62. The molecule has 0 saturated carbocycles. The first-order chi connectivity index (χ1) is 14.0. The van der Waals surface area contributed by atoms with Gasteiger partial charge in [0.25, 0.3) is 5.91 Å². The largest absolute Gasteiger partial charge is 0.365 e. The summed E-state index contributed by atoms with van der Waals surface area (Å²) in [7, 11) is 1.83. The Morgan fingerprint density at radius 1 is 1.31 bits per heavy atom. The van der Waals surface area contributed by atoms with E-state index in [1.165, 1.54) is 23.1 Å². The molecule has 1 aromatic carbocycles. The summed E-state index contributed by atoms with van der Waals surface area (Å²) in [4.78, 5) is 25.5. The highest BCUT2D eigenvalue weighted by Gasteiger charge is 2.26. The first-order valence-corrected chi connectivity index (χ1v) is 11.1. The van der Waals surface area contributed by atoms with Crippen LogP contribution >= 0.6 is 34.7 Å². The fourth-order valence-corrected chi connectivity index (χ4v) is 5.61. The topological polar surface area (TPSA) is 103 Å². The second-order valence-corrected chi connectivity index (χ2v) is 9.06. The first kappa shape index (κ1) is 19.9. The number of carbonyl (C=O) groups is 2. The number of thiophene rings is 1. The van der Waals surface area contributed by atoms with Crippen LogP contribution in [0.4, 0.5) is 5.00 Å². The van der Waals surface area contributed by atoms with Crippen LogP contribution in [0.2, 0.25) is 5.02 Å². The van der Waals surface area contributed by atoms with E-state index in [2.05, 4.69) is 15.5 Å². The zero-order valence-corrected chi connectivity index (χ0v) is 18.0. The Bertz CT molecular complexity index is 1110. The van der Waals surface area contributed by atoms with Gasteiger partial charge in [0, 0.05) is 17.5 Å². The van der Waals surface area contributed by atoms with Crippen LogP contribution in [0, 0.1) is 0 Å². The van der Waals surface area contributed by atoms with E-state index in [0.717, 1.165) is 35.3 Å². The molecule has 0 aliphatic heterocycles. The number of aromatic nitrogens is 3. The van der Waals surface area contributed by atoms with E-state index in [0.29, 0.717) is 26.6 Å². The van der Waals surface area contributed by atoms with Crippen LogP contribution in [0.5, 0.6) is 0 Å². The van der Waals surface area contributed by atoms with Crippen molar-refractivity contribution in [2.24, 2.45) is 12.8 Å². The second-order valence-electron chi connectivity index (χ2n) is 6.61. The van der Waals surface area contributed by atoms with Crippen molar-refractivity contribution in [3.8, 4) is 11.4 Å². The third-order valence-corrected chi connectivity index (χ3v) is 7.26. The van der Waals surface area contributed by atoms with Crippen molar-refractivity contribution in [2.45, 2.75) is 24.4 Å². The lowest BCUT2D eigenvalue weighted by molar-refractivity contribution is -0.113. The van der Waals surface area contributed by atoms with Crippen LogP contribution < -0.4 is 11.1 Å². The van der Waals surface area contributed by atoms with Gasteiger partial charge in [-0.25, -0.2) is 0 Å². The number of anilines is 1. The standard InChI is InChI=1S/C19H18ClN5O2S2/c1-25-17(10-5-2-3-7-12(10)20)23-24-19(25)28-9-14(26)22-18-15(16(21)27)11-6-4-8-13(11)29-18/h2-3,5,7H,4,6,8-9H2,1H3,(H2,21,27)(H,22,26). The predicted molar refractivity (Wildman–Crippen MR) is 116 cm³/mol. The fraction of sp³-hybridized carbons (Fsp3) is 0.263. The van der Waals surface area contributed by atoms with Gasteiger partial charge in [0.15, 0.2) is 11.0 Å². The van der Waals surface area contributed by atoms with E-state index >= 15 is 0 Å². The van der Waals surface area contributed by atoms with Crippen LogP contribution in [0.1, 0.15) is 27.2 Å². The summed E-state index contributed by atoms with van der Waals surface area (Å²) in [5.74, 6) is 0.0453. The van der Waals surface area contributed by atoms with E-state index in [-0.39, 0.29) is 11.7 Å². The van der Waals surface area contributed by atoms with Gasteiger partial charge in [-0.1, -0.05) is 35.5 Å². The maximum Gasteiger partial charge on any atom is 0.251 e.